The quantitative estimate of drug-likeness (QED) is 0.627. The minimum absolute atomic E-state index is 0.525. The second kappa shape index (κ2) is 4.94. The molecule has 0 radical (unpaired) electrons. The molecule has 0 fully saturated rings. The molecular formula is C6H15NOS. The van der Waals surface area contributed by atoms with Crippen LogP contribution in [0.2, 0.25) is 0 Å². The molecule has 2 nitrogen and oxygen atoms in total. The van der Waals surface area contributed by atoms with Gasteiger partial charge in [0, 0.05) is 28.9 Å². The van der Waals surface area contributed by atoms with Crippen LogP contribution in [0.1, 0.15) is 13.8 Å². The predicted molar refractivity (Wildman–Crippen MR) is 41.8 cm³/mol. The van der Waals surface area contributed by atoms with Crippen molar-refractivity contribution >= 4 is 10.8 Å². The summed E-state index contributed by atoms with van der Waals surface area (Å²) >= 11 is 0. The van der Waals surface area contributed by atoms with Crippen LogP contribution in [0.25, 0.3) is 0 Å². The van der Waals surface area contributed by atoms with E-state index in [1.54, 1.807) is 0 Å². The lowest BCUT2D eigenvalue weighted by atomic mass is 10.3. The first kappa shape index (κ1) is 9.11. The van der Waals surface area contributed by atoms with Gasteiger partial charge in [-0.2, -0.15) is 0 Å². The molecule has 0 spiro atoms. The van der Waals surface area contributed by atoms with Crippen LogP contribution < -0.4 is 5.73 Å². The molecule has 0 saturated carbocycles. The molecule has 3 heteroatoms. The van der Waals surface area contributed by atoms with Crippen LogP contribution in [0, 0.1) is 5.92 Å². The molecule has 0 aliphatic rings. The number of hydrogen-bond acceptors (Lipinski definition) is 2. The van der Waals surface area contributed by atoms with Crippen molar-refractivity contribution in [1.29, 1.82) is 0 Å². The monoisotopic (exact) mass is 149 g/mol. The summed E-state index contributed by atoms with van der Waals surface area (Å²) in [7, 11) is -0.675. The largest absolute Gasteiger partial charge is 0.330 e. The summed E-state index contributed by atoms with van der Waals surface area (Å²) in [6, 6.07) is 0. The summed E-state index contributed by atoms with van der Waals surface area (Å²) in [5.74, 6) is 1.97. The van der Waals surface area contributed by atoms with Gasteiger partial charge in [-0.25, -0.2) is 0 Å². The van der Waals surface area contributed by atoms with Crippen LogP contribution >= 0.6 is 0 Å². The zero-order valence-electron chi connectivity index (χ0n) is 6.09. The van der Waals surface area contributed by atoms with Crippen molar-refractivity contribution in [2.45, 2.75) is 13.8 Å². The summed E-state index contributed by atoms with van der Waals surface area (Å²) in [6.07, 6.45) is 0. The van der Waals surface area contributed by atoms with Crippen molar-refractivity contribution in [1.82, 2.24) is 0 Å². The topological polar surface area (TPSA) is 43.1 Å². The van der Waals surface area contributed by atoms with Gasteiger partial charge >= 0.3 is 0 Å². The van der Waals surface area contributed by atoms with Gasteiger partial charge in [-0.3, -0.25) is 4.21 Å². The van der Waals surface area contributed by atoms with Crippen LogP contribution in [-0.4, -0.2) is 22.3 Å². The maximum Gasteiger partial charge on any atom is 0.0357 e. The molecule has 1 atom stereocenters. The molecule has 2 N–H and O–H groups in total. The maximum atomic E-state index is 10.9. The summed E-state index contributed by atoms with van der Waals surface area (Å²) in [6.45, 7) is 4.67. The minimum atomic E-state index is -0.675. The number of hydrogen-bond donors (Lipinski definition) is 1. The lowest BCUT2D eigenvalue weighted by molar-refractivity contribution is 0.664. The van der Waals surface area contributed by atoms with Gasteiger partial charge < -0.3 is 5.73 Å². The van der Waals surface area contributed by atoms with E-state index in [-0.39, 0.29) is 0 Å². The molecule has 0 aromatic rings. The molecule has 0 aromatic carbocycles. The average Bonchev–Trinajstić information content (AvgIpc) is 1.63. The Hall–Kier alpha value is 0.110. The Kier molecular flexibility index (Phi) is 5.00. The summed E-state index contributed by atoms with van der Waals surface area (Å²) in [4.78, 5) is 0. The highest BCUT2D eigenvalue weighted by molar-refractivity contribution is 7.85. The van der Waals surface area contributed by atoms with Gasteiger partial charge in [0.1, 0.15) is 0 Å². The van der Waals surface area contributed by atoms with Gasteiger partial charge in [-0.15, -0.1) is 0 Å². The van der Waals surface area contributed by atoms with Gasteiger partial charge in [-0.05, 0) is 5.92 Å². The predicted octanol–water partition coefficient (Wildman–Crippen LogP) is 0.350. The van der Waals surface area contributed by atoms with Crippen LogP contribution in [0.15, 0.2) is 0 Å². The smallest absolute Gasteiger partial charge is 0.0357 e. The third kappa shape index (κ3) is 5.99. The van der Waals surface area contributed by atoms with E-state index in [4.69, 9.17) is 5.73 Å². The molecule has 1 unspecified atom stereocenters. The Bertz CT molecular complexity index is 93.1. The Balaban J connectivity index is 3.27. The van der Waals surface area contributed by atoms with Crippen molar-refractivity contribution < 1.29 is 4.21 Å². The van der Waals surface area contributed by atoms with E-state index in [0.717, 1.165) is 5.75 Å². The number of rotatable bonds is 4. The van der Waals surface area contributed by atoms with E-state index >= 15 is 0 Å². The summed E-state index contributed by atoms with van der Waals surface area (Å²) in [5, 5.41) is 0. The SMILES string of the molecule is CC(C)CS(=O)CCN. The van der Waals surface area contributed by atoms with Crippen molar-refractivity contribution in [3.8, 4) is 0 Å². The molecule has 0 aromatic heterocycles. The van der Waals surface area contributed by atoms with E-state index in [1.807, 2.05) is 0 Å². The fourth-order valence-corrected chi connectivity index (χ4v) is 1.76. The first-order chi connectivity index (χ1) is 4.16. The van der Waals surface area contributed by atoms with E-state index in [0.29, 0.717) is 18.2 Å². The van der Waals surface area contributed by atoms with Crippen molar-refractivity contribution in [3.05, 3.63) is 0 Å². The highest BCUT2D eigenvalue weighted by atomic mass is 32.2. The Morgan fingerprint density at radius 3 is 2.44 bits per heavy atom. The Morgan fingerprint density at radius 1 is 1.56 bits per heavy atom. The fraction of sp³-hybridized carbons (Fsp3) is 1.00. The van der Waals surface area contributed by atoms with Crippen LogP contribution in [0.5, 0.6) is 0 Å². The molecule has 0 saturated heterocycles. The molecule has 0 bridgehead atoms. The van der Waals surface area contributed by atoms with Gasteiger partial charge in [0.25, 0.3) is 0 Å². The Morgan fingerprint density at radius 2 is 2.11 bits per heavy atom. The molecule has 0 amide bonds. The second-order valence-electron chi connectivity index (χ2n) is 2.49. The number of nitrogens with two attached hydrogens (primary N) is 1. The van der Waals surface area contributed by atoms with Gasteiger partial charge in [0.05, 0.1) is 0 Å². The van der Waals surface area contributed by atoms with Gasteiger partial charge in [0.15, 0.2) is 0 Å². The second-order valence-corrected chi connectivity index (χ2v) is 4.11. The lowest BCUT2D eigenvalue weighted by Crippen LogP contribution is -2.15. The highest BCUT2D eigenvalue weighted by Gasteiger charge is 2.00. The zero-order valence-corrected chi connectivity index (χ0v) is 6.91. The van der Waals surface area contributed by atoms with Crippen LogP contribution in [-0.2, 0) is 10.8 Å². The molecule has 0 aliphatic carbocycles. The van der Waals surface area contributed by atoms with Gasteiger partial charge in [-0.1, -0.05) is 13.8 Å². The maximum absolute atomic E-state index is 10.9. The van der Waals surface area contributed by atoms with Crippen molar-refractivity contribution in [2.75, 3.05) is 18.1 Å². The van der Waals surface area contributed by atoms with Crippen molar-refractivity contribution in [3.63, 3.8) is 0 Å². The van der Waals surface area contributed by atoms with Gasteiger partial charge in [0.2, 0.25) is 0 Å². The molecular weight excluding hydrogens is 134 g/mol. The third-order valence-corrected chi connectivity index (χ3v) is 2.59. The lowest BCUT2D eigenvalue weighted by Gasteiger charge is -2.01. The molecule has 56 valence electrons. The normalized spacial score (nSPS) is 14.2. The molecule has 0 heterocycles. The molecule has 9 heavy (non-hydrogen) atoms. The Labute approximate surface area is 59.3 Å². The summed E-state index contributed by atoms with van der Waals surface area (Å²) < 4.78 is 10.9. The minimum Gasteiger partial charge on any atom is -0.330 e. The molecule has 0 rings (SSSR count). The van der Waals surface area contributed by atoms with E-state index < -0.39 is 10.8 Å². The first-order valence-electron chi connectivity index (χ1n) is 3.22. The van der Waals surface area contributed by atoms with Crippen LogP contribution in [0.3, 0.4) is 0 Å². The third-order valence-electron chi connectivity index (χ3n) is 0.865. The van der Waals surface area contributed by atoms with E-state index in [9.17, 15) is 4.21 Å². The van der Waals surface area contributed by atoms with E-state index in [1.165, 1.54) is 0 Å². The van der Waals surface area contributed by atoms with Crippen LogP contribution in [0.4, 0.5) is 0 Å². The molecule has 0 aliphatic heterocycles. The fourth-order valence-electron chi connectivity index (χ4n) is 0.587. The summed E-state index contributed by atoms with van der Waals surface area (Å²) in [5.41, 5.74) is 5.21. The highest BCUT2D eigenvalue weighted by Crippen LogP contribution is 1.94. The average molecular weight is 149 g/mol. The first-order valence-corrected chi connectivity index (χ1v) is 4.70. The standard InChI is InChI=1S/C6H15NOS/c1-6(2)5-9(8)4-3-7/h6H,3-5,7H2,1-2H3. The van der Waals surface area contributed by atoms with Crippen molar-refractivity contribution in [2.24, 2.45) is 11.7 Å². The zero-order chi connectivity index (χ0) is 7.28. The van der Waals surface area contributed by atoms with E-state index in [2.05, 4.69) is 13.8 Å².